The van der Waals surface area contributed by atoms with Gasteiger partial charge in [0.1, 0.15) is 5.82 Å². The average molecular weight is 187 g/mol. The Hall–Kier alpha value is -0.610. The van der Waals surface area contributed by atoms with Crippen LogP contribution < -0.4 is 11.9 Å². The van der Waals surface area contributed by atoms with E-state index in [9.17, 15) is 0 Å². The fraction of sp³-hybridized carbons (Fsp3) is 0. The van der Waals surface area contributed by atoms with Gasteiger partial charge < -0.3 is 5.73 Å². The molecule has 0 aliphatic rings. The number of anilines is 1. The maximum absolute atomic E-state index is 5.32. The highest BCUT2D eigenvalue weighted by Crippen LogP contribution is 2.09. The molecule has 0 aliphatic heterocycles. The molecule has 1 aromatic rings. The van der Waals surface area contributed by atoms with Crippen LogP contribution in [0, 0.1) is 0 Å². The second-order valence-electron chi connectivity index (χ2n) is 1.40. The lowest BCUT2D eigenvalue weighted by atomic mass is 10.5. The third-order valence-corrected chi connectivity index (χ3v) is 1.24. The molecular weight excluding hydrogens is 182 g/mol. The van der Waals surface area contributed by atoms with Gasteiger partial charge in [0, 0.05) is 16.8 Å². The lowest BCUT2D eigenvalue weighted by Gasteiger charge is -1.88. The zero-order chi connectivity index (χ0) is 5.98. The number of aromatic nitrogens is 1. The fourth-order valence-corrected chi connectivity index (χ4v) is 0.774. The van der Waals surface area contributed by atoms with Gasteiger partial charge in [-0.1, -0.05) is 15.9 Å². The van der Waals surface area contributed by atoms with Gasteiger partial charge in [-0.15, -0.1) is 0 Å². The van der Waals surface area contributed by atoms with Gasteiger partial charge in [-0.3, -0.25) is 0 Å². The highest BCUT2D eigenvalue weighted by molar-refractivity contribution is 9.10. The van der Waals surface area contributed by atoms with Gasteiger partial charge in [-0.2, -0.15) is 0 Å². The van der Waals surface area contributed by atoms with Crippen molar-refractivity contribution in [3.63, 3.8) is 0 Å². The van der Waals surface area contributed by atoms with E-state index in [0.29, 0.717) is 5.82 Å². The zero-order valence-electron chi connectivity index (χ0n) is 4.58. The third-order valence-electron chi connectivity index (χ3n) is 0.743. The van der Waals surface area contributed by atoms with Crippen LogP contribution in [0.1, 0.15) is 0 Å². The van der Waals surface area contributed by atoms with Crippen molar-refractivity contribution in [3.8, 4) is 0 Å². The first-order chi connectivity index (χ1) is 3.79. The summed E-state index contributed by atoms with van der Waals surface area (Å²) in [6.07, 6.45) is 1.65. The summed E-state index contributed by atoms with van der Waals surface area (Å²) in [7, 11) is 0. The van der Waals surface area contributed by atoms with Crippen LogP contribution in [0.5, 0.6) is 0 Å². The van der Waals surface area contributed by atoms with E-state index in [1.165, 1.54) is 0 Å². The molecule has 1 heterocycles. The minimum Gasteiger partial charge on any atom is -0.384 e. The molecule has 0 aliphatic carbocycles. The van der Waals surface area contributed by atoms with Crippen LogP contribution in [0.15, 0.2) is 22.8 Å². The third kappa shape index (κ3) is 2.43. The highest BCUT2D eigenvalue weighted by atomic mass is 79.9. The monoisotopic (exact) mass is 186 g/mol. The smallest absolute Gasteiger partial charge is 0.124 e. The summed E-state index contributed by atoms with van der Waals surface area (Å²) >= 11 is 3.24. The van der Waals surface area contributed by atoms with Gasteiger partial charge in [0.05, 0.1) is 0 Å². The van der Waals surface area contributed by atoms with E-state index < -0.39 is 0 Å². The molecule has 1 aromatic heterocycles. The van der Waals surface area contributed by atoms with Crippen molar-refractivity contribution in [3.05, 3.63) is 22.8 Å². The Balaban J connectivity index is 0.000000640. The molecule has 0 saturated heterocycles. The molecule has 9 heavy (non-hydrogen) atoms. The standard InChI is InChI=1S/C5H5BrN2.N/c6-4-1-2-8-5(7)3-4;/h1-3H,(H2,7,8);. The molecule has 3 nitrogen and oxygen atoms in total. The Morgan fingerprint density at radius 1 is 1.56 bits per heavy atom. The van der Waals surface area contributed by atoms with Gasteiger partial charge in [0.2, 0.25) is 0 Å². The van der Waals surface area contributed by atoms with E-state index >= 15 is 0 Å². The van der Waals surface area contributed by atoms with Crippen molar-refractivity contribution >= 4 is 21.7 Å². The molecule has 0 bridgehead atoms. The van der Waals surface area contributed by atoms with Crippen molar-refractivity contribution in [1.29, 1.82) is 0 Å². The molecular formula is C5H5BrN3. The van der Waals surface area contributed by atoms with Crippen LogP contribution in [0.4, 0.5) is 5.82 Å². The predicted molar refractivity (Wildman–Crippen MR) is 38.5 cm³/mol. The first kappa shape index (κ1) is 8.39. The molecule has 0 unspecified atom stereocenters. The second kappa shape index (κ2) is 3.42. The van der Waals surface area contributed by atoms with Gasteiger partial charge in [-0.05, 0) is 12.1 Å². The molecule has 2 N–H and O–H groups in total. The van der Waals surface area contributed by atoms with Crippen LogP contribution in [0.3, 0.4) is 0 Å². The lowest BCUT2D eigenvalue weighted by molar-refractivity contribution is 1.33. The molecule has 0 spiro atoms. The number of hydrogen-bond acceptors (Lipinski definition) is 2. The van der Waals surface area contributed by atoms with Crippen molar-refractivity contribution in [2.75, 3.05) is 5.73 Å². The average Bonchev–Trinajstić information content (AvgIpc) is 1.64. The first-order valence-electron chi connectivity index (χ1n) is 2.16. The van der Waals surface area contributed by atoms with Crippen LogP contribution in [-0.4, -0.2) is 4.98 Å². The molecule has 0 amide bonds. The van der Waals surface area contributed by atoms with E-state index in [1.807, 2.05) is 6.07 Å². The Morgan fingerprint density at radius 2 is 2.22 bits per heavy atom. The van der Waals surface area contributed by atoms with E-state index in [-0.39, 0.29) is 6.15 Å². The number of nitrogens with zero attached hydrogens (tertiary/aromatic N) is 2. The number of pyridine rings is 1. The van der Waals surface area contributed by atoms with E-state index in [4.69, 9.17) is 5.73 Å². The van der Waals surface area contributed by atoms with Crippen molar-refractivity contribution < 1.29 is 0 Å². The number of halogens is 1. The fourth-order valence-electron chi connectivity index (χ4n) is 0.421. The van der Waals surface area contributed by atoms with Crippen molar-refractivity contribution in [1.82, 2.24) is 11.1 Å². The molecule has 3 radical (unpaired) electrons. The predicted octanol–water partition coefficient (Wildman–Crippen LogP) is 0.946. The van der Waals surface area contributed by atoms with Gasteiger partial charge in [-0.25, -0.2) is 4.98 Å². The summed E-state index contributed by atoms with van der Waals surface area (Å²) in [6, 6.07) is 3.58. The van der Waals surface area contributed by atoms with Crippen molar-refractivity contribution in [2.45, 2.75) is 0 Å². The van der Waals surface area contributed by atoms with Crippen LogP contribution in [0.25, 0.3) is 0 Å². The van der Waals surface area contributed by atoms with Crippen molar-refractivity contribution in [2.24, 2.45) is 0 Å². The summed E-state index contributed by atoms with van der Waals surface area (Å²) in [4.78, 5) is 3.79. The molecule has 4 heteroatoms. The maximum Gasteiger partial charge on any atom is 0.124 e. The van der Waals surface area contributed by atoms with E-state index in [1.54, 1.807) is 12.3 Å². The largest absolute Gasteiger partial charge is 0.384 e. The summed E-state index contributed by atoms with van der Waals surface area (Å²) in [5.74, 6) is 0.541. The van der Waals surface area contributed by atoms with Gasteiger partial charge >= 0.3 is 0 Å². The summed E-state index contributed by atoms with van der Waals surface area (Å²) < 4.78 is 0.963. The van der Waals surface area contributed by atoms with E-state index in [2.05, 4.69) is 20.9 Å². The number of nitrogen functional groups attached to an aromatic ring is 1. The van der Waals surface area contributed by atoms with Crippen LogP contribution in [-0.2, 0) is 0 Å². The molecule has 0 saturated carbocycles. The highest BCUT2D eigenvalue weighted by Gasteiger charge is 1.84. The first-order valence-corrected chi connectivity index (χ1v) is 2.95. The Labute approximate surface area is 62.0 Å². The van der Waals surface area contributed by atoms with Gasteiger partial charge in [0.15, 0.2) is 0 Å². The number of hydrogen-bond donors (Lipinski definition) is 1. The minimum absolute atomic E-state index is 0. The quantitative estimate of drug-likeness (QED) is 0.656. The zero-order valence-corrected chi connectivity index (χ0v) is 6.17. The number of nitrogens with two attached hydrogens (primary N) is 1. The van der Waals surface area contributed by atoms with Crippen LogP contribution in [0.2, 0.25) is 0 Å². The molecule has 0 aromatic carbocycles. The van der Waals surface area contributed by atoms with Crippen LogP contribution >= 0.6 is 15.9 Å². The Morgan fingerprint density at radius 3 is 2.56 bits per heavy atom. The molecule has 0 atom stereocenters. The lowest BCUT2D eigenvalue weighted by Crippen LogP contribution is -1.86. The molecule has 0 fully saturated rings. The topological polar surface area (TPSA) is 69.4 Å². The summed E-state index contributed by atoms with van der Waals surface area (Å²) in [5.41, 5.74) is 5.32. The molecule has 1 rings (SSSR count). The van der Waals surface area contributed by atoms with E-state index in [0.717, 1.165) is 4.47 Å². The Kier molecular flexibility index (Phi) is 3.19. The normalized spacial score (nSPS) is 8.11. The minimum atomic E-state index is 0. The second-order valence-corrected chi connectivity index (χ2v) is 2.31. The number of rotatable bonds is 0. The van der Waals surface area contributed by atoms with Gasteiger partial charge in [0.25, 0.3) is 0 Å². The summed E-state index contributed by atoms with van der Waals surface area (Å²) in [5, 5.41) is 0. The molecule has 47 valence electrons. The summed E-state index contributed by atoms with van der Waals surface area (Å²) in [6.45, 7) is 0. The maximum atomic E-state index is 5.32. The SMILES string of the molecule is Nc1cc(Br)ccn1.[N]. The Bertz CT molecular complexity index is 172.